The Morgan fingerprint density at radius 1 is 1.29 bits per heavy atom. The SMILES string of the molecule is O=c1cccnn1-c1ccc2nc(C3CC(O)C3)sc2c1. The van der Waals surface area contributed by atoms with Gasteiger partial charge in [0.05, 0.1) is 27.0 Å². The number of hydrogen-bond donors (Lipinski definition) is 1. The van der Waals surface area contributed by atoms with Gasteiger partial charge in [0.2, 0.25) is 0 Å². The van der Waals surface area contributed by atoms with Crippen LogP contribution >= 0.6 is 11.3 Å². The zero-order valence-corrected chi connectivity index (χ0v) is 12.0. The van der Waals surface area contributed by atoms with E-state index in [1.165, 1.54) is 10.7 Å². The second-order valence-electron chi connectivity index (χ2n) is 5.30. The Balaban J connectivity index is 1.76. The summed E-state index contributed by atoms with van der Waals surface area (Å²) >= 11 is 1.63. The molecule has 0 saturated heterocycles. The van der Waals surface area contributed by atoms with Gasteiger partial charge in [0.1, 0.15) is 0 Å². The molecule has 5 nitrogen and oxygen atoms in total. The largest absolute Gasteiger partial charge is 0.393 e. The number of fused-ring (bicyclic) bond motifs is 1. The second-order valence-corrected chi connectivity index (χ2v) is 6.36. The molecule has 3 aromatic rings. The van der Waals surface area contributed by atoms with Crippen LogP contribution in [0, 0.1) is 0 Å². The number of hydrogen-bond acceptors (Lipinski definition) is 5. The Bertz CT molecular complexity index is 864. The number of aromatic nitrogens is 3. The summed E-state index contributed by atoms with van der Waals surface area (Å²) in [6.07, 6.45) is 3.02. The van der Waals surface area contributed by atoms with E-state index in [1.807, 2.05) is 18.2 Å². The average molecular weight is 299 g/mol. The maximum atomic E-state index is 11.8. The van der Waals surface area contributed by atoms with Crippen LogP contribution < -0.4 is 5.56 Å². The van der Waals surface area contributed by atoms with Crippen molar-refractivity contribution < 1.29 is 5.11 Å². The van der Waals surface area contributed by atoms with E-state index in [0.717, 1.165) is 33.8 Å². The molecule has 2 heterocycles. The van der Waals surface area contributed by atoms with Crippen LogP contribution in [0.1, 0.15) is 23.8 Å². The lowest BCUT2D eigenvalue weighted by Crippen LogP contribution is -2.26. The third kappa shape index (κ3) is 2.16. The fourth-order valence-electron chi connectivity index (χ4n) is 2.58. The molecule has 1 fully saturated rings. The van der Waals surface area contributed by atoms with E-state index < -0.39 is 0 Å². The van der Waals surface area contributed by atoms with Gasteiger partial charge in [-0.2, -0.15) is 9.78 Å². The zero-order valence-electron chi connectivity index (χ0n) is 11.1. The molecule has 0 spiro atoms. The molecule has 0 radical (unpaired) electrons. The van der Waals surface area contributed by atoms with Crippen LogP contribution in [0.3, 0.4) is 0 Å². The molecule has 0 aliphatic heterocycles. The van der Waals surface area contributed by atoms with Crippen molar-refractivity contribution in [2.75, 3.05) is 0 Å². The molecule has 2 aromatic heterocycles. The molecule has 0 bridgehead atoms. The Hall–Kier alpha value is -2.05. The van der Waals surface area contributed by atoms with Gasteiger partial charge in [-0.05, 0) is 37.1 Å². The van der Waals surface area contributed by atoms with Crippen molar-refractivity contribution in [2.24, 2.45) is 0 Å². The number of nitrogens with zero attached hydrogens (tertiary/aromatic N) is 3. The highest BCUT2D eigenvalue weighted by Gasteiger charge is 2.30. The quantitative estimate of drug-likeness (QED) is 0.786. The highest BCUT2D eigenvalue weighted by Crippen LogP contribution is 2.40. The van der Waals surface area contributed by atoms with Gasteiger partial charge in [-0.25, -0.2) is 4.98 Å². The molecule has 1 aromatic carbocycles. The van der Waals surface area contributed by atoms with E-state index in [4.69, 9.17) is 0 Å². The number of aliphatic hydroxyl groups is 1. The Morgan fingerprint density at radius 3 is 2.90 bits per heavy atom. The lowest BCUT2D eigenvalue weighted by Gasteiger charge is -2.29. The van der Waals surface area contributed by atoms with Crippen LogP contribution in [0.2, 0.25) is 0 Å². The third-order valence-electron chi connectivity index (χ3n) is 3.81. The predicted molar refractivity (Wildman–Crippen MR) is 81.0 cm³/mol. The molecule has 6 heteroatoms. The Labute approximate surface area is 124 Å². The van der Waals surface area contributed by atoms with Gasteiger partial charge >= 0.3 is 0 Å². The molecular formula is C15H13N3O2S. The van der Waals surface area contributed by atoms with Gasteiger partial charge < -0.3 is 5.11 Å². The average Bonchev–Trinajstić information content (AvgIpc) is 2.86. The maximum absolute atomic E-state index is 11.8. The summed E-state index contributed by atoms with van der Waals surface area (Å²) in [7, 11) is 0. The summed E-state index contributed by atoms with van der Waals surface area (Å²) < 4.78 is 2.42. The molecule has 0 amide bonds. The second kappa shape index (κ2) is 4.75. The number of thiazole rings is 1. The van der Waals surface area contributed by atoms with Crippen molar-refractivity contribution in [2.45, 2.75) is 24.9 Å². The molecular weight excluding hydrogens is 286 g/mol. The summed E-state index contributed by atoms with van der Waals surface area (Å²) in [6.45, 7) is 0. The minimum Gasteiger partial charge on any atom is -0.393 e. The van der Waals surface area contributed by atoms with Crippen LogP contribution in [0.25, 0.3) is 15.9 Å². The van der Waals surface area contributed by atoms with E-state index in [-0.39, 0.29) is 11.7 Å². The highest BCUT2D eigenvalue weighted by atomic mass is 32.1. The van der Waals surface area contributed by atoms with Crippen LogP contribution in [0.5, 0.6) is 0 Å². The van der Waals surface area contributed by atoms with Crippen molar-refractivity contribution in [3.05, 3.63) is 51.9 Å². The maximum Gasteiger partial charge on any atom is 0.271 e. The lowest BCUT2D eigenvalue weighted by molar-refractivity contribution is 0.0746. The van der Waals surface area contributed by atoms with Crippen molar-refractivity contribution in [1.82, 2.24) is 14.8 Å². The third-order valence-corrected chi connectivity index (χ3v) is 4.99. The summed E-state index contributed by atoms with van der Waals surface area (Å²) in [5.41, 5.74) is 1.53. The van der Waals surface area contributed by atoms with Crippen LogP contribution in [0.4, 0.5) is 0 Å². The lowest BCUT2D eigenvalue weighted by atomic mass is 9.83. The monoisotopic (exact) mass is 299 g/mol. The predicted octanol–water partition coefficient (Wildman–Crippen LogP) is 2.08. The van der Waals surface area contributed by atoms with Crippen LogP contribution in [-0.4, -0.2) is 26.0 Å². The van der Waals surface area contributed by atoms with E-state index in [2.05, 4.69) is 10.1 Å². The van der Waals surface area contributed by atoms with Gasteiger partial charge in [0.25, 0.3) is 5.56 Å². The summed E-state index contributed by atoms with van der Waals surface area (Å²) in [6, 6.07) is 8.84. The molecule has 1 aliphatic carbocycles. The summed E-state index contributed by atoms with van der Waals surface area (Å²) in [4.78, 5) is 16.4. The van der Waals surface area contributed by atoms with Crippen molar-refractivity contribution in [3.63, 3.8) is 0 Å². The van der Waals surface area contributed by atoms with Crippen LogP contribution in [-0.2, 0) is 0 Å². The smallest absolute Gasteiger partial charge is 0.271 e. The van der Waals surface area contributed by atoms with Crippen molar-refractivity contribution in [1.29, 1.82) is 0 Å². The van der Waals surface area contributed by atoms with Gasteiger partial charge in [-0.15, -0.1) is 11.3 Å². The zero-order chi connectivity index (χ0) is 14.4. The van der Waals surface area contributed by atoms with E-state index >= 15 is 0 Å². The fraction of sp³-hybridized carbons (Fsp3) is 0.267. The summed E-state index contributed by atoms with van der Waals surface area (Å²) in [5, 5.41) is 14.6. The van der Waals surface area contributed by atoms with Crippen molar-refractivity contribution >= 4 is 21.6 Å². The molecule has 21 heavy (non-hydrogen) atoms. The minimum atomic E-state index is -0.176. The first-order chi connectivity index (χ1) is 10.2. The van der Waals surface area contributed by atoms with E-state index in [9.17, 15) is 9.90 Å². The molecule has 106 valence electrons. The molecule has 1 N–H and O–H groups in total. The van der Waals surface area contributed by atoms with Crippen LogP contribution in [0.15, 0.2) is 41.3 Å². The van der Waals surface area contributed by atoms with Gasteiger partial charge in [0, 0.05) is 18.2 Å². The van der Waals surface area contributed by atoms with Gasteiger partial charge in [-0.3, -0.25) is 4.79 Å². The number of rotatable bonds is 2. The molecule has 1 aliphatic rings. The first-order valence-corrected chi connectivity index (χ1v) is 7.65. The highest BCUT2D eigenvalue weighted by molar-refractivity contribution is 7.18. The number of benzene rings is 1. The molecule has 0 atom stereocenters. The first kappa shape index (κ1) is 12.7. The molecule has 4 rings (SSSR count). The Kier molecular flexibility index (Phi) is 2.87. The van der Waals surface area contributed by atoms with Gasteiger partial charge in [0.15, 0.2) is 0 Å². The Morgan fingerprint density at radius 2 is 2.14 bits per heavy atom. The van der Waals surface area contributed by atoms with E-state index in [1.54, 1.807) is 23.6 Å². The summed E-state index contributed by atoms with van der Waals surface area (Å²) in [5.74, 6) is 0.374. The molecule has 0 unspecified atom stereocenters. The van der Waals surface area contributed by atoms with Crippen molar-refractivity contribution in [3.8, 4) is 5.69 Å². The van der Waals surface area contributed by atoms with Gasteiger partial charge in [-0.1, -0.05) is 0 Å². The molecule has 1 saturated carbocycles. The number of aliphatic hydroxyl groups excluding tert-OH is 1. The minimum absolute atomic E-state index is 0.149. The first-order valence-electron chi connectivity index (χ1n) is 6.84. The van der Waals surface area contributed by atoms with E-state index in [0.29, 0.717) is 5.92 Å². The topological polar surface area (TPSA) is 68.0 Å². The standard InChI is InChI=1S/C15H13N3O2S/c19-11-6-9(7-11)15-17-12-4-3-10(8-13(12)21-15)18-14(20)2-1-5-16-18/h1-5,8-9,11,19H,6-7H2. The normalized spacial score (nSPS) is 21.4. The fourth-order valence-corrected chi connectivity index (χ4v) is 3.71.